The minimum absolute atomic E-state index is 0.0472. The zero-order chi connectivity index (χ0) is 15.4. The Morgan fingerprint density at radius 1 is 1.43 bits per heavy atom. The zero-order valence-electron chi connectivity index (χ0n) is 11.8. The van der Waals surface area contributed by atoms with E-state index in [4.69, 9.17) is 10.5 Å². The van der Waals surface area contributed by atoms with Gasteiger partial charge < -0.3 is 15.8 Å². The molecule has 0 aliphatic rings. The lowest BCUT2D eigenvalue weighted by molar-refractivity contribution is -0.114. The molecule has 110 valence electrons. The number of anilines is 2. The molecule has 1 aromatic heterocycles. The number of carbonyl (C=O) groups excluding carboxylic acids is 1. The Morgan fingerprint density at radius 2 is 2.14 bits per heavy atom. The van der Waals surface area contributed by atoms with Gasteiger partial charge in [-0.05, 0) is 18.1 Å². The summed E-state index contributed by atoms with van der Waals surface area (Å²) in [5, 5.41) is 2.43. The summed E-state index contributed by atoms with van der Waals surface area (Å²) in [6, 6.07) is 8.69. The minimum atomic E-state index is -0.671. The summed E-state index contributed by atoms with van der Waals surface area (Å²) >= 11 is 0. The van der Waals surface area contributed by atoms with Crippen molar-refractivity contribution in [3.63, 3.8) is 0 Å². The van der Waals surface area contributed by atoms with Crippen molar-refractivity contribution in [3.05, 3.63) is 47.3 Å². The van der Waals surface area contributed by atoms with Gasteiger partial charge in [-0.25, -0.2) is 4.39 Å². The Hall–Kier alpha value is -2.63. The van der Waals surface area contributed by atoms with E-state index in [9.17, 15) is 9.18 Å². The van der Waals surface area contributed by atoms with E-state index in [1.807, 2.05) is 31.2 Å². The van der Waals surface area contributed by atoms with Gasteiger partial charge in [-0.3, -0.25) is 4.79 Å². The molecule has 0 atom stereocenters. The molecule has 0 bridgehead atoms. The summed E-state index contributed by atoms with van der Waals surface area (Å²) in [5.41, 5.74) is 7.61. The molecule has 0 aliphatic carbocycles. The third kappa shape index (κ3) is 3.68. The van der Waals surface area contributed by atoms with Crippen LogP contribution in [0.3, 0.4) is 0 Å². The molecule has 0 spiro atoms. The lowest BCUT2D eigenvalue weighted by atomic mass is 10.1. The number of aromatic nitrogens is 1. The number of nitrogens with one attached hydrogen (secondary N) is 1. The zero-order valence-corrected chi connectivity index (χ0v) is 11.8. The van der Waals surface area contributed by atoms with Gasteiger partial charge in [0.2, 0.25) is 5.91 Å². The van der Waals surface area contributed by atoms with Gasteiger partial charge in [-0.1, -0.05) is 24.3 Å². The normalized spacial score (nSPS) is 10.2. The summed E-state index contributed by atoms with van der Waals surface area (Å²) in [6.07, 6.45) is 0. The number of hydrogen-bond acceptors (Lipinski definition) is 4. The molecule has 2 aromatic rings. The molecule has 0 aliphatic heterocycles. The Morgan fingerprint density at radius 3 is 2.81 bits per heavy atom. The number of ether oxygens (including phenoxy) is 1. The summed E-state index contributed by atoms with van der Waals surface area (Å²) < 4.78 is 19.2. The van der Waals surface area contributed by atoms with E-state index in [0.717, 1.165) is 17.2 Å². The van der Waals surface area contributed by atoms with Crippen molar-refractivity contribution < 1.29 is 13.9 Å². The van der Waals surface area contributed by atoms with Gasteiger partial charge in [0, 0.05) is 13.0 Å². The van der Waals surface area contributed by atoms with Gasteiger partial charge in [0.1, 0.15) is 6.61 Å². The second kappa shape index (κ2) is 6.21. The van der Waals surface area contributed by atoms with Gasteiger partial charge in [-0.15, -0.1) is 0 Å². The maximum Gasteiger partial charge on any atom is 0.252 e. The van der Waals surface area contributed by atoms with Crippen LogP contribution in [0, 0.1) is 12.7 Å². The predicted octanol–water partition coefficient (Wildman–Crippen LogP) is 2.65. The fraction of sp³-hybridized carbons (Fsp3) is 0.200. The molecule has 0 unspecified atom stereocenters. The number of hydrogen-bond donors (Lipinski definition) is 2. The number of amides is 1. The topological polar surface area (TPSA) is 77.2 Å². The fourth-order valence-corrected chi connectivity index (χ4v) is 1.77. The van der Waals surface area contributed by atoms with Crippen molar-refractivity contribution in [2.45, 2.75) is 20.5 Å². The number of carbonyl (C=O) groups is 1. The number of benzene rings is 1. The Bertz CT molecular complexity index is 674. The summed E-state index contributed by atoms with van der Waals surface area (Å²) in [6.45, 7) is 3.44. The van der Waals surface area contributed by atoms with E-state index in [-0.39, 0.29) is 29.9 Å². The molecule has 3 N–H and O–H groups in total. The van der Waals surface area contributed by atoms with Crippen LogP contribution >= 0.6 is 0 Å². The molecule has 21 heavy (non-hydrogen) atoms. The van der Waals surface area contributed by atoms with E-state index >= 15 is 0 Å². The van der Waals surface area contributed by atoms with E-state index in [2.05, 4.69) is 10.3 Å². The first-order chi connectivity index (χ1) is 9.97. The lowest BCUT2D eigenvalue weighted by Crippen LogP contribution is -2.11. The molecule has 0 saturated heterocycles. The first kappa shape index (κ1) is 14.8. The maximum absolute atomic E-state index is 13.8. The number of nitrogens with zero attached hydrogens (tertiary/aromatic N) is 1. The smallest absolute Gasteiger partial charge is 0.252 e. The average molecular weight is 289 g/mol. The summed E-state index contributed by atoms with van der Waals surface area (Å²) in [4.78, 5) is 14.9. The van der Waals surface area contributed by atoms with E-state index in [0.29, 0.717) is 0 Å². The third-order valence-corrected chi connectivity index (χ3v) is 2.89. The number of pyridine rings is 1. The van der Waals surface area contributed by atoms with Gasteiger partial charge >= 0.3 is 0 Å². The number of aryl methyl sites for hydroxylation is 1. The van der Waals surface area contributed by atoms with Gasteiger partial charge in [0.15, 0.2) is 11.6 Å². The lowest BCUT2D eigenvalue weighted by Gasteiger charge is -2.11. The first-order valence-electron chi connectivity index (χ1n) is 6.38. The van der Waals surface area contributed by atoms with Crippen LogP contribution in [0.5, 0.6) is 5.88 Å². The van der Waals surface area contributed by atoms with Crippen molar-refractivity contribution in [2.75, 3.05) is 11.1 Å². The number of rotatable bonds is 4. The SMILES string of the molecule is CC(=O)Nc1nc(OCc2ccccc2C)c(F)cc1N. The summed E-state index contributed by atoms with van der Waals surface area (Å²) in [7, 11) is 0. The number of halogens is 1. The summed E-state index contributed by atoms with van der Waals surface area (Å²) in [5.74, 6) is -1.12. The van der Waals surface area contributed by atoms with Crippen LogP contribution in [0.2, 0.25) is 0 Å². The molecule has 0 fully saturated rings. The first-order valence-corrected chi connectivity index (χ1v) is 6.38. The van der Waals surface area contributed by atoms with Crippen molar-refractivity contribution >= 4 is 17.4 Å². The van der Waals surface area contributed by atoms with E-state index < -0.39 is 5.82 Å². The molecular weight excluding hydrogens is 273 g/mol. The molecule has 1 aromatic carbocycles. The Balaban J connectivity index is 2.20. The number of nitrogens with two attached hydrogens (primary N) is 1. The Labute approximate surface area is 121 Å². The highest BCUT2D eigenvalue weighted by molar-refractivity contribution is 5.90. The predicted molar refractivity (Wildman–Crippen MR) is 78.4 cm³/mol. The molecule has 0 radical (unpaired) electrons. The van der Waals surface area contributed by atoms with E-state index in [1.165, 1.54) is 6.92 Å². The van der Waals surface area contributed by atoms with Crippen molar-refractivity contribution in [3.8, 4) is 5.88 Å². The molecule has 1 amide bonds. The highest BCUT2D eigenvalue weighted by Crippen LogP contribution is 2.24. The quantitative estimate of drug-likeness (QED) is 0.907. The molecule has 1 heterocycles. The van der Waals surface area contributed by atoms with Crippen molar-refractivity contribution in [1.29, 1.82) is 0 Å². The van der Waals surface area contributed by atoms with Crippen LogP contribution in [0.25, 0.3) is 0 Å². The van der Waals surface area contributed by atoms with Crippen LogP contribution in [-0.2, 0) is 11.4 Å². The second-order valence-electron chi connectivity index (χ2n) is 4.61. The minimum Gasteiger partial charge on any atom is -0.471 e. The van der Waals surface area contributed by atoms with Gasteiger partial charge in [0.05, 0.1) is 5.69 Å². The van der Waals surface area contributed by atoms with Crippen LogP contribution in [0.4, 0.5) is 15.9 Å². The maximum atomic E-state index is 13.8. The fourth-order valence-electron chi connectivity index (χ4n) is 1.77. The molecule has 5 nitrogen and oxygen atoms in total. The van der Waals surface area contributed by atoms with Crippen molar-refractivity contribution in [2.24, 2.45) is 0 Å². The van der Waals surface area contributed by atoms with Gasteiger partial charge in [-0.2, -0.15) is 4.98 Å². The second-order valence-corrected chi connectivity index (χ2v) is 4.61. The monoisotopic (exact) mass is 289 g/mol. The van der Waals surface area contributed by atoms with E-state index in [1.54, 1.807) is 0 Å². The Kier molecular flexibility index (Phi) is 4.37. The van der Waals surface area contributed by atoms with Crippen LogP contribution in [0.1, 0.15) is 18.1 Å². The van der Waals surface area contributed by atoms with Crippen molar-refractivity contribution in [1.82, 2.24) is 4.98 Å². The molecule has 2 rings (SSSR count). The van der Waals surface area contributed by atoms with Crippen LogP contribution < -0.4 is 15.8 Å². The highest BCUT2D eigenvalue weighted by Gasteiger charge is 2.12. The van der Waals surface area contributed by atoms with Gasteiger partial charge in [0.25, 0.3) is 5.88 Å². The standard InChI is InChI=1S/C15H16FN3O2/c1-9-5-3-4-6-11(9)8-21-15-12(16)7-13(17)14(19-15)18-10(2)20/h3-7H,8,17H2,1-2H3,(H,18,19,20). The average Bonchev–Trinajstić information content (AvgIpc) is 2.41. The number of nitrogen functional groups attached to an aromatic ring is 1. The highest BCUT2D eigenvalue weighted by atomic mass is 19.1. The third-order valence-electron chi connectivity index (χ3n) is 2.89. The van der Waals surface area contributed by atoms with Crippen LogP contribution in [0.15, 0.2) is 30.3 Å². The molecule has 6 heteroatoms. The molecular formula is C15H16FN3O2. The largest absolute Gasteiger partial charge is 0.471 e. The molecule has 0 saturated carbocycles. The van der Waals surface area contributed by atoms with Crippen LogP contribution in [-0.4, -0.2) is 10.9 Å².